The Morgan fingerprint density at radius 3 is 2.71 bits per heavy atom. The van der Waals surface area contributed by atoms with Crippen molar-refractivity contribution >= 4 is 40.6 Å². The predicted octanol–water partition coefficient (Wildman–Crippen LogP) is 3.20. The average molecular weight is 325 g/mol. The lowest BCUT2D eigenvalue weighted by Gasteiger charge is -2.21. The van der Waals surface area contributed by atoms with Crippen LogP contribution in [-0.4, -0.2) is 23.7 Å². The zero-order chi connectivity index (χ0) is 15.2. The Hall–Kier alpha value is -2.05. The first-order valence-electron chi connectivity index (χ1n) is 6.11. The Bertz CT molecular complexity index is 631. The molecule has 0 atom stereocenters. The first kappa shape index (κ1) is 15.3. The highest BCUT2D eigenvalue weighted by Gasteiger charge is 2.18. The van der Waals surface area contributed by atoms with Gasteiger partial charge in [-0.25, -0.2) is 4.79 Å². The van der Waals surface area contributed by atoms with Crippen LogP contribution < -0.4 is 10.2 Å². The van der Waals surface area contributed by atoms with Gasteiger partial charge in [0.05, 0.1) is 6.54 Å². The Labute approximate surface area is 130 Å². The summed E-state index contributed by atoms with van der Waals surface area (Å²) >= 11 is 7.40. The summed E-state index contributed by atoms with van der Waals surface area (Å²) in [7, 11) is 0. The van der Waals surface area contributed by atoms with Gasteiger partial charge in [-0.3, -0.25) is 9.69 Å². The number of nitrogens with one attached hydrogen (secondary N) is 1. The molecular formula is C14H13ClN2O3S. The number of hydrogen-bond donors (Lipinski definition) is 2. The zero-order valence-electron chi connectivity index (χ0n) is 11.0. The molecular weight excluding hydrogens is 312 g/mol. The van der Waals surface area contributed by atoms with Crippen LogP contribution in [0.1, 0.15) is 4.88 Å². The molecule has 110 valence electrons. The monoisotopic (exact) mass is 324 g/mol. The Kier molecular flexibility index (Phi) is 5.19. The summed E-state index contributed by atoms with van der Waals surface area (Å²) in [4.78, 5) is 25.3. The van der Waals surface area contributed by atoms with Crippen LogP contribution in [0, 0.1) is 0 Å². The summed E-state index contributed by atoms with van der Waals surface area (Å²) in [5, 5.41) is 14.0. The van der Waals surface area contributed by atoms with Crippen molar-refractivity contribution in [3.8, 4) is 0 Å². The first-order valence-corrected chi connectivity index (χ1v) is 7.37. The number of thiophene rings is 1. The van der Waals surface area contributed by atoms with Crippen molar-refractivity contribution in [2.75, 3.05) is 11.4 Å². The van der Waals surface area contributed by atoms with Crippen molar-refractivity contribution in [1.29, 1.82) is 0 Å². The molecule has 0 aliphatic carbocycles. The Morgan fingerprint density at radius 1 is 1.29 bits per heavy atom. The van der Waals surface area contributed by atoms with Gasteiger partial charge in [-0.2, -0.15) is 0 Å². The van der Waals surface area contributed by atoms with Crippen molar-refractivity contribution in [3.63, 3.8) is 0 Å². The van der Waals surface area contributed by atoms with Crippen molar-refractivity contribution in [2.24, 2.45) is 0 Å². The molecule has 0 saturated heterocycles. The number of nitrogens with zero attached hydrogens (tertiary/aromatic N) is 1. The van der Waals surface area contributed by atoms with Gasteiger partial charge in [0.2, 0.25) is 0 Å². The van der Waals surface area contributed by atoms with Crippen molar-refractivity contribution in [1.82, 2.24) is 5.32 Å². The number of aliphatic carboxylic acids is 1. The number of hydrogen-bond acceptors (Lipinski definition) is 3. The van der Waals surface area contributed by atoms with Gasteiger partial charge in [0.1, 0.15) is 6.54 Å². The van der Waals surface area contributed by atoms with Gasteiger partial charge >= 0.3 is 12.0 Å². The maximum absolute atomic E-state index is 12.2. The van der Waals surface area contributed by atoms with E-state index in [1.54, 1.807) is 24.3 Å². The zero-order valence-corrected chi connectivity index (χ0v) is 12.5. The summed E-state index contributed by atoms with van der Waals surface area (Å²) < 4.78 is 0. The molecule has 1 heterocycles. The number of urea groups is 1. The SMILES string of the molecule is O=C(O)CN(C(=O)NCc1cccs1)c1cccc(Cl)c1. The third kappa shape index (κ3) is 4.47. The summed E-state index contributed by atoms with van der Waals surface area (Å²) in [5.74, 6) is -1.10. The van der Waals surface area contributed by atoms with Gasteiger partial charge in [-0.1, -0.05) is 23.7 Å². The largest absolute Gasteiger partial charge is 0.480 e. The van der Waals surface area contributed by atoms with Crippen molar-refractivity contribution < 1.29 is 14.7 Å². The van der Waals surface area contributed by atoms with Gasteiger partial charge in [-0.05, 0) is 29.6 Å². The second kappa shape index (κ2) is 7.10. The summed E-state index contributed by atoms with van der Waals surface area (Å²) in [5.41, 5.74) is 0.438. The highest BCUT2D eigenvalue weighted by Crippen LogP contribution is 2.19. The predicted molar refractivity (Wildman–Crippen MR) is 83.0 cm³/mol. The van der Waals surface area contributed by atoms with Crippen LogP contribution in [0.15, 0.2) is 41.8 Å². The van der Waals surface area contributed by atoms with E-state index >= 15 is 0 Å². The first-order chi connectivity index (χ1) is 10.1. The molecule has 1 aromatic carbocycles. The average Bonchev–Trinajstić information content (AvgIpc) is 2.95. The molecule has 0 spiro atoms. The van der Waals surface area contributed by atoms with E-state index in [1.807, 2.05) is 17.5 Å². The molecule has 2 amide bonds. The quantitative estimate of drug-likeness (QED) is 0.887. The van der Waals surface area contributed by atoms with E-state index < -0.39 is 18.5 Å². The molecule has 2 rings (SSSR count). The van der Waals surface area contributed by atoms with Crippen molar-refractivity contribution in [3.05, 3.63) is 51.7 Å². The number of rotatable bonds is 5. The van der Waals surface area contributed by atoms with E-state index in [9.17, 15) is 9.59 Å². The fourth-order valence-corrected chi connectivity index (χ4v) is 2.56. The highest BCUT2D eigenvalue weighted by atomic mass is 35.5. The van der Waals surface area contributed by atoms with E-state index in [0.717, 1.165) is 9.78 Å². The maximum atomic E-state index is 12.2. The molecule has 0 saturated carbocycles. The van der Waals surface area contributed by atoms with E-state index in [-0.39, 0.29) is 0 Å². The summed E-state index contributed by atoms with van der Waals surface area (Å²) in [6.07, 6.45) is 0. The molecule has 0 aliphatic rings. The molecule has 2 N–H and O–H groups in total. The maximum Gasteiger partial charge on any atom is 0.323 e. The lowest BCUT2D eigenvalue weighted by Crippen LogP contribution is -2.42. The van der Waals surface area contributed by atoms with Crippen LogP contribution in [0.5, 0.6) is 0 Å². The van der Waals surface area contributed by atoms with Crippen LogP contribution in [0.3, 0.4) is 0 Å². The fourth-order valence-electron chi connectivity index (χ4n) is 1.73. The van der Waals surface area contributed by atoms with E-state index in [1.165, 1.54) is 11.3 Å². The molecule has 0 bridgehead atoms. The number of carboxylic acid groups (broad SMARTS) is 1. The topological polar surface area (TPSA) is 69.6 Å². The van der Waals surface area contributed by atoms with E-state index in [2.05, 4.69) is 5.32 Å². The third-order valence-corrected chi connectivity index (χ3v) is 3.76. The molecule has 0 fully saturated rings. The van der Waals surface area contributed by atoms with Crippen LogP contribution >= 0.6 is 22.9 Å². The number of anilines is 1. The summed E-state index contributed by atoms with van der Waals surface area (Å²) in [6, 6.07) is 9.82. The lowest BCUT2D eigenvalue weighted by molar-refractivity contribution is -0.135. The highest BCUT2D eigenvalue weighted by molar-refractivity contribution is 7.09. The van der Waals surface area contributed by atoms with Crippen LogP contribution in [0.2, 0.25) is 5.02 Å². The van der Waals surface area contributed by atoms with Crippen LogP contribution in [0.4, 0.5) is 10.5 Å². The number of carboxylic acids is 1. The minimum absolute atomic E-state index is 0.354. The third-order valence-electron chi connectivity index (χ3n) is 2.65. The molecule has 0 radical (unpaired) electrons. The van der Waals surface area contributed by atoms with Gasteiger partial charge in [0.25, 0.3) is 0 Å². The second-order valence-electron chi connectivity index (χ2n) is 4.20. The molecule has 21 heavy (non-hydrogen) atoms. The number of carbonyl (C=O) groups excluding carboxylic acids is 1. The van der Waals surface area contributed by atoms with Gasteiger partial charge < -0.3 is 10.4 Å². The molecule has 5 nitrogen and oxygen atoms in total. The van der Waals surface area contributed by atoms with E-state index in [0.29, 0.717) is 17.3 Å². The van der Waals surface area contributed by atoms with Gasteiger partial charge in [0.15, 0.2) is 0 Å². The van der Waals surface area contributed by atoms with E-state index in [4.69, 9.17) is 16.7 Å². The standard InChI is InChI=1S/C14H13ClN2O3S/c15-10-3-1-4-11(7-10)17(9-13(18)19)14(20)16-8-12-5-2-6-21-12/h1-7H,8-9H2,(H,16,20)(H,18,19). The number of benzene rings is 1. The molecule has 0 aliphatic heterocycles. The molecule has 2 aromatic rings. The summed E-state index contributed by atoms with van der Waals surface area (Å²) in [6.45, 7) is -0.0796. The minimum Gasteiger partial charge on any atom is -0.480 e. The smallest absolute Gasteiger partial charge is 0.323 e. The number of halogens is 1. The number of carbonyl (C=O) groups is 2. The minimum atomic E-state index is -1.10. The molecule has 7 heteroatoms. The fraction of sp³-hybridized carbons (Fsp3) is 0.143. The Morgan fingerprint density at radius 2 is 2.10 bits per heavy atom. The number of amides is 2. The molecule has 1 aromatic heterocycles. The van der Waals surface area contributed by atoms with Crippen LogP contribution in [-0.2, 0) is 11.3 Å². The lowest BCUT2D eigenvalue weighted by atomic mass is 10.3. The van der Waals surface area contributed by atoms with Gasteiger partial charge in [-0.15, -0.1) is 11.3 Å². The normalized spacial score (nSPS) is 10.1. The second-order valence-corrected chi connectivity index (χ2v) is 5.67. The van der Waals surface area contributed by atoms with Crippen molar-refractivity contribution in [2.45, 2.75) is 6.54 Å². The van der Waals surface area contributed by atoms with Crippen LogP contribution in [0.25, 0.3) is 0 Å². The molecule has 0 unspecified atom stereocenters. The van der Waals surface area contributed by atoms with Gasteiger partial charge in [0, 0.05) is 15.6 Å². The Balaban J connectivity index is 2.11.